The molecule has 2 fully saturated rings. The van der Waals surface area contributed by atoms with Crippen LogP contribution in [0.3, 0.4) is 0 Å². The molecule has 2 aromatic rings. The van der Waals surface area contributed by atoms with E-state index in [1.54, 1.807) is 11.3 Å². The van der Waals surface area contributed by atoms with Crippen molar-refractivity contribution in [3.8, 4) is 0 Å². The normalized spacial score (nSPS) is 21.9. The van der Waals surface area contributed by atoms with E-state index in [0.29, 0.717) is 13.2 Å². The minimum absolute atomic E-state index is 0.429. The molecule has 3 heterocycles. The number of nitrogens with zero attached hydrogens (tertiary/aromatic N) is 2. The highest BCUT2D eigenvalue weighted by Crippen LogP contribution is 2.37. The smallest absolute Gasteiger partial charge is 0.186 e. The van der Waals surface area contributed by atoms with Gasteiger partial charge in [0.15, 0.2) is 5.79 Å². The zero-order valence-electron chi connectivity index (χ0n) is 11.2. The van der Waals surface area contributed by atoms with Gasteiger partial charge in [-0.1, -0.05) is 0 Å². The predicted molar refractivity (Wildman–Crippen MR) is 80.1 cm³/mol. The molecule has 0 radical (unpaired) electrons. The number of nitrogens with two attached hydrogens (primary N) is 1. The van der Waals surface area contributed by atoms with E-state index in [1.165, 1.54) is 0 Å². The molecule has 4 rings (SSSR count). The third kappa shape index (κ3) is 1.87. The number of hydrogen-bond donors (Lipinski definition) is 1. The zero-order chi connectivity index (χ0) is 13.6. The highest BCUT2D eigenvalue weighted by atomic mass is 32.1. The lowest BCUT2D eigenvalue weighted by Gasteiger charge is -2.40. The second-order valence-corrected chi connectivity index (χ2v) is 6.22. The van der Waals surface area contributed by atoms with Gasteiger partial charge in [-0.3, -0.25) is 0 Å². The zero-order valence-corrected chi connectivity index (χ0v) is 12.0. The Labute approximate surface area is 121 Å². The van der Waals surface area contributed by atoms with E-state index in [-0.39, 0.29) is 0 Å². The maximum atomic E-state index is 6.30. The van der Waals surface area contributed by atoms with Gasteiger partial charge in [-0.05, 0) is 18.6 Å². The lowest BCUT2D eigenvalue weighted by Crippen LogP contribution is -2.49. The Morgan fingerprint density at radius 2 is 2.15 bits per heavy atom. The average Bonchev–Trinajstić information content (AvgIpc) is 3.09. The van der Waals surface area contributed by atoms with E-state index >= 15 is 0 Å². The number of piperidine rings is 1. The fourth-order valence-electron chi connectivity index (χ4n) is 3.14. The fourth-order valence-corrected chi connectivity index (χ4v) is 3.84. The van der Waals surface area contributed by atoms with Crippen molar-refractivity contribution in [1.29, 1.82) is 0 Å². The molecule has 1 spiro atoms. The van der Waals surface area contributed by atoms with Gasteiger partial charge in [0.1, 0.15) is 5.52 Å². The van der Waals surface area contributed by atoms with Gasteiger partial charge in [0, 0.05) is 13.0 Å². The van der Waals surface area contributed by atoms with Crippen molar-refractivity contribution < 1.29 is 9.47 Å². The topological polar surface area (TPSA) is 60.6 Å². The first-order valence-electron chi connectivity index (χ1n) is 6.92. The van der Waals surface area contributed by atoms with Crippen LogP contribution < -0.4 is 10.6 Å². The summed E-state index contributed by atoms with van der Waals surface area (Å²) in [4.78, 5) is 6.63. The first-order valence-corrected chi connectivity index (χ1v) is 7.80. The molecular formula is C14H17N3O2S. The molecule has 0 unspecified atom stereocenters. The number of aromatic nitrogens is 1. The largest absolute Gasteiger partial charge is 0.395 e. The van der Waals surface area contributed by atoms with Gasteiger partial charge in [0.2, 0.25) is 0 Å². The summed E-state index contributed by atoms with van der Waals surface area (Å²) in [6, 6.07) is 4.18. The van der Waals surface area contributed by atoms with Crippen molar-refractivity contribution in [3.63, 3.8) is 0 Å². The SMILES string of the molecule is Nc1c(N2CCCC3(C2)OCCO3)ccc2scnc12. The Morgan fingerprint density at radius 1 is 1.30 bits per heavy atom. The van der Waals surface area contributed by atoms with Gasteiger partial charge < -0.3 is 20.1 Å². The number of ether oxygens (including phenoxy) is 2. The van der Waals surface area contributed by atoms with Crippen LogP contribution in [0, 0.1) is 0 Å². The van der Waals surface area contributed by atoms with E-state index in [4.69, 9.17) is 15.2 Å². The van der Waals surface area contributed by atoms with E-state index in [0.717, 1.165) is 47.5 Å². The van der Waals surface area contributed by atoms with E-state index in [1.807, 2.05) is 5.51 Å². The molecule has 2 aliphatic rings. The summed E-state index contributed by atoms with van der Waals surface area (Å²) in [6.07, 6.45) is 2.01. The highest BCUT2D eigenvalue weighted by molar-refractivity contribution is 7.16. The van der Waals surface area contributed by atoms with Gasteiger partial charge in [0.05, 0.1) is 41.3 Å². The summed E-state index contributed by atoms with van der Waals surface area (Å²) < 4.78 is 12.8. The molecule has 2 saturated heterocycles. The third-order valence-corrected chi connectivity index (χ3v) is 4.88. The van der Waals surface area contributed by atoms with Crippen LogP contribution in [0.5, 0.6) is 0 Å². The quantitative estimate of drug-likeness (QED) is 0.816. The monoisotopic (exact) mass is 291 g/mol. The van der Waals surface area contributed by atoms with Crippen molar-refractivity contribution in [2.75, 3.05) is 36.9 Å². The van der Waals surface area contributed by atoms with Gasteiger partial charge in [-0.15, -0.1) is 11.3 Å². The van der Waals surface area contributed by atoms with E-state index < -0.39 is 5.79 Å². The molecule has 2 aliphatic heterocycles. The number of hydrogen-bond acceptors (Lipinski definition) is 6. The summed E-state index contributed by atoms with van der Waals surface area (Å²) in [6.45, 7) is 3.10. The van der Waals surface area contributed by atoms with E-state index in [9.17, 15) is 0 Å². The number of thiazole rings is 1. The van der Waals surface area contributed by atoms with Gasteiger partial charge in [-0.25, -0.2) is 4.98 Å². The van der Waals surface area contributed by atoms with Crippen molar-refractivity contribution in [3.05, 3.63) is 17.6 Å². The first kappa shape index (κ1) is 12.4. The van der Waals surface area contributed by atoms with Crippen molar-refractivity contribution >= 4 is 32.9 Å². The lowest BCUT2D eigenvalue weighted by molar-refractivity contribution is -0.161. The Morgan fingerprint density at radius 3 is 3.00 bits per heavy atom. The Kier molecular flexibility index (Phi) is 2.83. The summed E-state index contributed by atoms with van der Waals surface area (Å²) in [5.74, 6) is -0.429. The standard InChI is InChI=1S/C14H17N3O2S/c15-12-10(2-3-11-13(12)16-9-20-11)17-5-1-4-14(8-17)18-6-7-19-14/h2-3,9H,1,4-8,15H2. The van der Waals surface area contributed by atoms with Crippen LogP contribution in [0.4, 0.5) is 11.4 Å². The maximum Gasteiger partial charge on any atom is 0.186 e. The van der Waals surface area contributed by atoms with E-state index in [2.05, 4.69) is 22.0 Å². The van der Waals surface area contributed by atoms with Crippen molar-refractivity contribution in [2.45, 2.75) is 18.6 Å². The molecule has 1 aromatic heterocycles. The summed E-state index contributed by atoms with van der Waals surface area (Å²) in [5.41, 5.74) is 10.9. The molecule has 0 aliphatic carbocycles. The molecule has 20 heavy (non-hydrogen) atoms. The van der Waals surface area contributed by atoms with Gasteiger partial charge in [0.25, 0.3) is 0 Å². The second kappa shape index (κ2) is 4.58. The highest BCUT2D eigenvalue weighted by Gasteiger charge is 2.41. The van der Waals surface area contributed by atoms with Gasteiger partial charge in [-0.2, -0.15) is 0 Å². The predicted octanol–water partition coefficient (Wildman–Crippen LogP) is 2.22. The van der Waals surface area contributed by atoms with Crippen LogP contribution in [0.2, 0.25) is 0 Å². The van der Waals surface area contributed by atoms with Crippen molar-refractivity contribution in [2.24, 2.45) is 0 Å². The molecule has 0 atom stereocenters. The summed E-state index contributed by atoms with van der Waals surface area (Å²) >= 11 is 1.62. The molecule has 6 heteroatoms. The number of benzene rings is 1. The molecule has 2 N–H and O–H groups in total. The maximum absolute atomic E-state index is 6.30. The van der Waals surface area contributed by atoms with Crippen LogP contribution in [-0.4, -0.2) is 37.1 Å². The summed E-state index contributed by atoms with van der Waals surface area (Å²) in [7, 11) is 0. The molecule has 1 aromatic carbocycles. The van der Waals surface area contributed by atoms with Crippen LogP contribution in [-0.2, 0) is 9.47 Å². The van der Waals surface area contributed by atoms with Crippen LogP contribution in [0.25, 0.3) is 10.2 Å². The molecule has 0 saturated carbocycles. The molecule has 0 amide bonds. The van der Waals surface area contributed by atoms with Crippen LogP contribution in [0.1, 0.15) is 12.8 Å². The second-order valence-electron chi connectivity index (χ2n) is 5.33. The number of fused-ring (bicyclic) bond motifs is 1. The van der Waals surface area contributed by atoms with Crippen LogP contribution >= 0.6 is 11.3 Å². The minimum atomic E-state index is -0.429. The van der Waals surface area contributed by atoms with Crippen molar-refractivity contribution in [1.82, 2.24) is 4.98 Å². The third-order valence-electron chi connectivity index (χ3n) is 4.09. The lowest BCUT2D eigenvalue weighted by atomic mass is 10.0. The fraction of sp³-hybridized carbons (Fsp3) is 0.500. The average molecular weight is 291 g/mol. The Hall–Kier alpha value is -1.37. The molecule has 0 bridgehead atoms. The first-order chi connectivity index (χ1) is 9.77. The Bertz CT molecular complexity index is 636. The number of rotatable bonds is 1. The summed E-state index contributed by atoms with van der Waals surface area (Å²) in [5, 5.41) is 0. The molecule has 106 valence electrons. The number of nitrogen functional groups attached to an aromatic ring is 1. The Balaban J connectivity index is 1.69. The minimum Gasteiger partial charge on any atom is -0.395 e. The van der Waals surface area contributed by atoms with Crippen LogP contribution in [0.15, 0.2) is 17.6 Å². The molecule has 5 nitrogen and oxygen atoms in total. The molecular weight excluding hydrogens is 274 g/mol. The van der Waals surface area contributed by atoms with Gasteiger partial charge >= 0.3 is 0 Å². The number of anilines is 2.